The second kappa shape index (κ2) is 7.01. The van der Waals surface area contributed by atoms with Crippen molar-refractivity contribution in [2.75, 3.05) is 14.2 Å². The number of halogens is 1. The SMILES string of the molecule is COc1ccc(F)cc1CNC1CCCc2c(OC)cccc21. The predicted molar refractivity (Wildman–Crippen MR) is 88.5 cm³/mol. The zero-order valence-corrected chi connectivity index (χ0v) is 13.6. The number of rotatable bonds is 5. The van der Waals surface area contributed by atoms with Crippen molar-refractivity contribution in [3.05, 3.63) is 58.9 Å². The number of methoxy groups -OCH3 is 2. The van der Waals surface area contributed by atoms with Crippen LogP contribution in [0.4, 0.5) is 4.39 Å². The van der Waals surface area contributed by atoms with Gasteiger partial charge in [0.1, 0.15) is 17.3 Å². The van der Waals surface area contributed by atoms with Gasteiger partial charge in [-0.15, -0.1) is 0 Å². The van der Waals surface area contributed by atoms with Crippen LogP contribution in [0.25, 0.3) is 0 Å². The highest BCUT2D eigenvalue weighted by Gasteiger charge is 2.22. The Labute approximate surface area is 136 Å². The van der Waals surface area contributed by atoms with Gasteiger partial charge in [-0.25, -0.2) is 4.39 Å². The van der Waals surface area contributed by atoms with Crippen molar-refractivity contribution < 1.29 is 13.9 Å². The summed E-state index contributed by atoms with van der Waals surface area (Å²) in [6, 6.07) is 11.1. The highest BCUT2D eigenvalue weighted by Crippen LogP contribution is 2.35. The van der Waals surface area contributed by atoms with E-state index in [1.165, 1.54) is 23.3 Å². The number of fused-ring (bicyclic) bond motifs is 1. The quantitative estimate of drug-likeness (QED) is 0.904. The van der Waals surface area contributed by atoms with Crippen LogP contribution in [0.3, 0.4) is 0 Å². The number of nitrogens with one attached hydrogen (secondary N) is 1. The third-order valence-corrected chi connectivity index (χ3v) is 4.47. The Morgan fingerprint density at radius 3 is 2.74 bits per heavy atom. The molecule has 1 atom stereocenters. The van der Waals surface area contributed by atoms with Crippen LogP contribution < -0.4 is 14.8 Å². The summed E-state index contributed by atoms with van der Waals surface area (Å²) in [6.45, 7) is 0.572. The third-order valence-electron chi connectivity index (χ3n) is 4.47. The van der Waals surface area contributed by atoms with Crippen LogP contribution >= 0.6 is 0 Å². The molecule has 1 unspecified atom stereocenters. The molecule has 122 valence electrons. The maximum absolute atomic E-state index is 13.5. The Kier molecular flexibility index (Phi) is 4.82. The van der Waals surface area contributed by atoms with Gasteiger partial charge in [-0.1, -0.05) is 12.1 Å². The van der Waals surface area contributed by atoms with E-state index >= 15 is 0 Å². The Bertz CT molecular complexity index is 687. The molecule has 1 aliphatic carbocycles. The Morgan fingerprint density at radius 1 is 1.13 bits per heavy atom. The summed E-state index contributed by atoms with van der Waals surface area (Å²) in [5.41, 5.74) is 3.40. The average Bonchev–Trinajstić information content (AvgIpc) is 2.59. The zero-order valence-electron chi connectivity index (χ0n) is 13.6. The van der Waals surface area contributed by atoms with Crippen LogP contribution in [0, 0.1) is 5.82 Å². The van der Waals surface area contributed by atoms with Gasteiger partial charge in [0.2, 0.25) is 0 Å². The molecule has 3 nitrogen and oxygen atoms in total. The van der Waals surface area contributed by atoms with E-state index < -0.39 is 0 Å². The van der Waals surface area contributed by atoms with Crippen molar-refractivity contribution in [3.8, 4) is 11.5 Å². The average molecular weight is 315 g/mol. The van der Waals surface area contributed by atoms with Crippen LogP contribution in [0.2, 0.25) is 0 Å². The number of ether oxygens (including phenoxy) is 2. The fourth-order valence-electron chi connectivity index (χ4n) is 3.34. The van der Waals surface area contributed by atoms with E-state index in [4.69, 9.17) is 9.47 Å². The monoisotopic (exact) mass is 315 g/mol. The minimum atomic E-state index is -0.242. The summed E-state index contributed by atoms with van der Waals surface area (Å²) in [7, 11) is 3.32. The highest BCUT2D eigenvalue weighted by molar-refractivity contribution is 5.43. The van der Waals surface area contributed by atoms with Gasteiger partial charge in [-0.05, 0) is 54.7 Å². The second-order valence-electron chi connectivity index (χ2n) is 5.81. The lowest BCUT2D eigenvalue weighted by Crippen LogP contribution is -2.25. The van der Waals surface area contributed by atoms with Crippen molar-refractivity contribution in [1.29, 1.82) is 0 Å². The van der Waals surface area contributed by atoms with E-state index in [2.05, 4.69) is 11.4 Å². The molecule has 0 radical (unpaired) electrons. The topological polar surface area (TPSA) is 30.5 Å². The van der Waals surface area contributed by atoms with Gasteiger partial charge in [-0.2, -0.15) is 0 Å². The first kappa shape index (κ1) is 15.8. The van der Waals surface area contributed by atoms with Crippen LogP contribution in [0.5, 0.6) is 11.5 Å². The van der Waals surface area contributed by atoms with E-state index in [1.54, 1.807) is 20.3 Å². The van der Waals surface area contributed by atoms with Gasteiger partial charge >= 0.3 is 0 Å². The molecule has 0 saturated heterocycles. The molecular weight excluding hydrogens is 293 g/mol. The maximum Gasteiger partial charge on any atom is 0.123 e. The normalized spacial score (nSPS) is 16.7. The van der Waals surface area contributed by atoms with Crippen LogP contribution in [0.15, 0.2) is 36.4 Å². The lowest BCUT2D eigenvalue weighted by atomic mass is 9.87. The largest absolute Gasteiger partial charge is 0.496 e. The number of benzene rings is 2. The standard InChI is InChI=1S/C19H22FNO2/c1-22-18-10-9-14(20)11-13(18)12-21-17-7-3-6-16-15(17)5-4-8-19(16)23-2/h4-5,8-11,17,21H,3,6-7,12H2,1-2H3. The first-order chi connectivity index (χ1) is 11.2. The summed E-state index contributed by atoms with van der Waals surface area (Å²) in [4.78, 5) is 0. The van der Waals surface area contributed by atoms with Crippen molar-refractivity contribution in [2.45, 2.75) is 31.8 Å². The zero-order chi connectivity index (χ0) is 16.2. The van der Waals surface area contributed by atoms with E-state index in [0.29, 0.717) is 12.3 Å². The van der Waals surface area contributed by atoms with E-state index in [0.717, 1.165) is 30.6 Å². The number of hydrogen-bond acceptors (Lipinski definition) is 3. The van der Waals surface area contributed by atoms with Crippen LogP contribution in [-0.4, -0.2) is 14.2 Å². The second-order valence-corrected chi connectivity index (χ2v) is 5.81. The molecule has 0 spiro atoms. The molecule has 0 aliphatic heterocycles. The Hall–Kier alpha value is -2.07. The van der Waals surface area contributed by atoms with Gasteiger partial charge in [-0.3, -0.25) is 0 Å². The summed E-state index contributed by atoms with van der Waals surface area (Å²) in [6.07, 6.45) is 3.23. The molecule has 0 bridgehead atoms. The number of hydrogen-bond donors (Lipinski definition) is 1. The summed E-state index contributed by atoms with van der Waals surface area (Å²) in [5.74, 6) is 1.42. The molecule has 1 aliphatic rings. The molecule has 0 heterocycles. The van der Waals surface area contributed by atoms with Crippen LogP contribution in [0.1, 0.15) is 35.6 Å². The highest BCUT2D eigenvalue weighted by atomic mass is 19.1. The van der Waals surface area contributed by atoms with Gasteiger partial charge < -0.3 is 14.8 Å². The lowest BCUT2D eigenvalue weighted by Gasteiger charge is -2.28. The molecule has 0 amide bonds. The maximum atomic E-state index is 13.5. The van der Waals surface area contributed by atoms with Crippen molar-refractivity contribution in [2.24, 2.45) is 0 Å². The molecule has 3 rings (SSSR count). The van der Waals surface area contributed by atoms with E-state index in [1.807, 2.05) is 12.1 Å². The van der Waals surface area contributed by atoms with E-state index in [9.17, 15) is 4.39 Å². The van der Waals surface area contributed by atoms with E-state index in [-0.39, 0.29) is 11.9 Å². The van der Waals surface area contributed by atoms with Gasteiger partial charge in [0, 0.05) is 18.2 Å². The molecule has 2 aromatic rings. The van der Waals surface area contributed by atoms with Crippen molar-refractivity contribution in [3.63, 3.8) is 0 Å². The van der Waals surface area contributed by atoms with Crippen LogP contribution in [-0.2, 0) is 13.0 Å². The molecule has 0 saturated carbocycles. The summed E-state index contributed by atoms with van der Waals surface area (Å²) < 4.78 is 24.3. The van der Waals surface area contributed by atoms with Gasteiger partial charge in [0.25, 0.3) is 0 Å². The first-order valence-corrected chi connectivity index (χ1v) is 7.94. The molecular formula is C19H22FNO2. The molecule has 1 N–H and O–H groups in total. The summed E-state index contributed by atoms with van der Waals surface area (Å²) in [5, 5.41) is 3.55. The lowest BCUT2D eigenvalue weighted by molar-refractivity contribution is 0.389. The fourth-order valence-corrected chi connectivity index (χ4v) is 3.34. The van der Waals surface area contributed by atoms with Gasteiger partial charge in [0.05, 0.1) is 14.2 Å². The van der Waals surface area contributed by atoms with Crippen molar-refractivity contribution >= 4 is 0 Å². The first-order valence-electron chi connectivity index (χ1n) is 7.94. The Morgan fingerprint density at radius 2 is 1.96 bits per heavy atom. The molecule has 0 fully saturated rings. The third kappa shape index (κ3) is 3.32. The predicted octanol–water partition coefficient (Wildman–Crippen LogP) is 4.01. The molecule has 2 aromatic carbocycles. The van der Waals surface area contributed by atoms with Gasteiger partial charge in [0.15, 0.2) is 0 Å². The Balaban J connectivity index is 1.79. The minimum absolute atomic E-state index is 0.242. The molecule has 0 aromatic heterocycles. The fraction of sp³-hybridized carbons (Fsp3) is 0.368. The molecule has 23 heavy (non-hydrogen) atoms. The van der Waals surface area contributed by atoms with Crippen molar-refractivity contribution in [1.82, 2.24) is 5.32 Å². The minimum Gasteiger partial charge on any atom is -0.496 e. The molecule has 4 heteroatoms. The smallest absolute Gasteiger partial charge is 0.123 e. The summed E-state index contributed by atoms with van der Waals surface area (Å²) >= 11 is 0.